The lowest BCUT2D eigenvalue weighted by Crippen LogP contribution is -2.66. The van der Waals surface area contributed by atoms with Crippen LogP contribution in [0.2, 0.25) is 0 Å². The summed E-state index contributed by atoms with van der Waals surface area (Å²) in [5.74, 6) is -7.38. The third kappa shape index (κ3) is 12.9. The lowest BCUT2D eigenvalue weighted by molar-refractivity contribution is -0.360. The highest BCUT2D eigenvalue weighted by molar-refractivity contribution is 5.70. The number of hydrogen-bond donors (Lipinski definition) is 1. The summed E-state index contributed by atoms with van der Waals surface area (Å²) in [7, 11) is 0. The van der Waals surface area contributed by atoms with Gasteiger partial charge in [-0.15, -0.1) is 0 Å². The predicted octanol–water partition coefficient (Wildman–Crippen LogP) is 4.96. The fraction of sp³-hybridized carbons (Fsp3) is 0.857. The van der Waals surface area contributed by atoms with Gasteiger partial charge in [0, 0.05) is 68.2 Å². The van der Waals surface area contributed by atoms with Crippen molar-refractivity contribution in [3.8, 4) is 0 Å². The first-order valence-electron chi connectivity index (χ1n) is 31.2. The van der Waals surface area contributed by atoms with E-state index < -0.39 is 197 Å². The average Bonchev–Trinajstić information content (AvgIpc) is 1.46. The molecule has 24 atom stereocenters. The fourth-order valence-corrected chi connectivity index (χ4v) is 18.5. The van der Waals surface area contributed by atoms with Crippen LogP contribution in [0.25, 0.3) is 0 Å². The van der Waals surface area contributed by atoms with Gasteiger partial charge >= 0.3 is 53.7 Å². The van der Waals surface area contributed by atoms with E-state index in [4.69, 9.17) is 75.8 Å². The van der Waals surface area contributed by atoms with E-state index in [1.807, 2.05) is 0 Å². The maximum Gasteiger partial charge on any atom is 0.303 e. The molecule has 5 saturated carbocycles. The lowest BCUT2D eigenvalue weighted by atomic mass is 9.41. The molecule has 2 spiro atoms. The van der Waals surface area contributed by atoms with Gasteiger partial charge in [-0.25, -0.2) is 0 Å². The predicted molar refractivity (Wildman–Crippen MR) is 300 cm³/mol. The summed E-state index contributed by atoms with van der Waals surface area (Å²) in [5, 5.41) is 11.3. The highest BCUT2D eigenvalue weighted by Crippen LogP contribution is 2.89. The van der Waals surface area contributed by atoms with E-state index in [1.54, 1.807) is 13.8 Å². The Morgan fingerprint density at radius 1 is 0.427 bits per heavy atom. The minimum absolute atomic E-state index is 0.102. The number of ether oxygens (including phenoxy) is 16. The molecular weight excluding hydrogens is 1170 g/mol. The zero-order chi connectivity index (χ0) is 65.5. The van der Waals surface area contributed by atoms with Crippen LogP contribution in [-0.2, 0) is 119 Å². The molecule has 5 aliphatic carbocycles. The summed E-state index contributed by atoms with van der Waals surface area (Å²) in [4.78, 5) is 115. The van der Waals surface area contributed by atoms with Gasteiger partial charge in [0.1, 0.15) is 6.10 Å². The van der Waals surface area contributed by atoms with Crippen LogP contribution in [0.15, 0.2) is 0 Å². The molecule has 0 amide bonds. The Bertz CT molecular complexity index is 2740. The quantitative estimate of drug-likeness (QED) is 0.114. The topological polar surface area (TPSA) is 322 Å². The van der Waals surface area contributed by atoms with Crippen molar-refractivity contribution in [3.05, 3.63) is 0 Å². The van der Waals surface area contributed by atoms with E-state index in [0.717, 1.165) is 53.9 Å². The van der Waals surface area contributed by atoms with Crippen molar-refractivity contribution < 1.29 is 124 Å². The van der Waals surface area contributed by atoms with Crippen molar-refractivity contribution in [2.24, 2.45) is 44.8 Å². The van der Waals surface area contributed by atoms with Crippen LogP contribution >= 0.6 is 0 Å². The molecule has 0 aromatic rings. The largest absolute Gasteiger partial charge is 0.462 e. The minimum Gasteiger partial charge on any atom is -0.462 e. The molecule has 4 heterocycles. The molecule has 26 heteroatoms. The van der Waals surface area contributed by atoms with Gasteiger partial charge in [-0.2, -0.15) is 0 Å². The molecule has 0 bridgehead atoms. The van der Waals surface area contributed by atoms with Crippen LogP contribution in [-0.4, -0.2) is 188 Å². The standard InChI is InChI=1S/C63H92O26/c1-29(64)77-39-24-60(15)43-23-38(86-54-49(84-36(8)71)46(81-33(5)68)40(25-74-54)78-30(2)65)52-57(10,11)44(18-20-63(52)28-62(43,63)22-21-59(60,14)53(39)61(16)19-17-45(89-61)58(12,13)73)87-55-51(48(83-35(7)70)42(26-75-55)80-32(4)67)88-56-50(85-37(9)72)47(82-34(6)69)41(27-76-56)79-31(3)66/h38-56,73H,17-28H2,1-16H3/t38-,39?,40?,41?,42?,43?,44?,45-,46?,47?,48?,49?,50?,51?,52?,53?,54?,55?,56?,59+,60-,61-,62-,63+/m0/s1. The van der Waals surface area contributed by atoms with Gasteiger partial charge in [0.15, 0.2) is 73.8 Å². The van der Waals surface area contributed by atoms with Crippen LogP contribution in [0, 0.1) is 44.8 Å². The van der Waals surface area contributed by atoms with Crippen molar-refractivity contribution in [2.75, 3.05) is 19.8 Å². The molecular formula is C63H92O26. The highest BCUT2D eigenvalue weighted by atomic mass is 16.8. The molecule has 0 aromatic carbocycles. The van der Waals surface area contributed by atoms with Gasteiger partial charge in [-0.05, 0) is 117 Å². The van der Waals surface area contributed by atoms with E-state index in [2.05, 4.69) is 34.6 Å². The van der Waals surface area contributed by atoms with E-state index in [-0.39, 0.29) is 30.5 Å². The first kappa shape index (κ1) is 68.3. The van der Waals surface area contributed by atoms with Crippen molar-refractivity contribution in [1.29, 1.82) is 0 Å². The molecule has 89 heavy (non-hydrogen) atoms. The Kier molecular flexibility index (Phi) is 19.2. The molecule has 0 aromatic heterocycles. The Balaban J connectivity index is 1.12. The number of fused-ring (bicyclic) bond motifs is 2. The van der Waals surface area contributed by atoms with E-state index >= 15 is 0 Å². The Hall–Kier alpha value is -5.09. The van der Waals surface area contributed by atoms with Gasteiger partial charge < -0.3 is 80.9 Å². The first-order valence-corrected chi connectivity index (χ1v) is 31.2. The molecule has 1 N–H and O–H groups in total. The number of esters is 9. The summed E-state index contributed by atoms with van der Waals surface area (Å²) in [6.07, 6.45) is -14.2. The highest BCUT2D eigenvalue weighted by Gasteiger charge is 2.86. The Morgan fingerprint density at radius 3 is 1.28 bits per heavy atom. The van der Waals surface area contributed by atoms with Crippen LogP contribution in [0.3, 0.4) is 0 Å². The summed E-state index contributed by atoms with van der Waals surface area (Å²) < 4.78 is 99.7. The number of carbonyl (C=O) groups is 9. The van der Waals surface area contributed by atoms with E-state index in [1.165, 1.54) is 27.7 Å². The number of carbonyl (C=O) groups excluding carboxylic acids is 9. The SMILES string of the molecule is CC(=O)OC1COC(OC2C(OC3CC[C@]45C[C@]46CC[C@]4(C)C([C@]7(C)CC[C@@H](C(C)(C)O)O7)C(OC(C)=O)C[C@@]4(C)C6C[C@H](OC4OCC(OC(C)=O)C(OC(C)=O)C4OC(C)=O)C5C3(C)C)OCC(OC(C)=O)C2OC(C)=O)C(OC(C)=O)C1OC(C)=O. The van der Waals surface area contributed by atoms with Gasteiger partial charge in [0.25, 0.3) is 0 Å². The van der Waals surface area contributed by atoms with Crippen LogP contribution in [0.1, 0.15) is 169 Å². The second kappa shape index (κ2) is 25.1. The van der Waals surface area contributed by atoms with Crippen LogP contribution < -0.4 is 0 Å². The third-order valence-electron chi connectivity index (χ3n) is 21.5. The average molecular weight is 1270 g/mol. The Morgan fingerprint density at radius 2 is 0.843 bits per heavy atom. The maximum atomic E-state index is 13.3. The summed E-state index contributed by atoms with van der Waals surface area (Å²) in [6.45, 7) is 23.9. The molecule has 4 saturated heterocycles. The number of hydrogen-bond acceptors (Lipinski definition) is 26. The van der Waals surface area contributed by atoms with Crippen molar-refractivity contribution >= 4 is 53.7 Å². The second-order valence-corrected chi connectivity index (χ2v) is 28.2. The second-order valence-electron chi connectivity index (χ2n) is 28.2. The summed E-state index contributed by atoms with van der Waals surface area (Å²) in [5.41, 5.74) is -4.68. The van der Waals surface area contributed by atoms with Crippen LogP contribution in [0.4, 0.5) is 0 Å². The molecule has 17 unspecified atom stereocenters. The minimum atomic E-state index is -1.65. The third-order valence-corrected chi connectivity index (χ3v) is 21.5. The molecule has 9 fully saturated rings. The Labute approximate surface area is 518 Å². The normalized spacial score (nSPS) is 43.6. The monoisotopic (exact) mass is 1260 g/mol. The lowest BCUT2D eigenvalue weighted by Gasteiger charge is -2.65. The number of rotatable bonds is 17. The van der Waals surface area contributed by atoms with Crippen molar-refractivity contribution in [2.45, 2.75) is 278 Å². The van der Waals surface area contributed by atoms with Crippen molar-refractivity contribution in [1.82, 2.24) is 0 Å². The first-order chi connectivity index (χ1) is 41.4. The zero-order valence-electron chi connectivity index (χ0n) is 54.1. The molecule has 9 rings (SSSR count). The van der Waals surface area contributed by atoms with Crippen molar-refractivity contribution in [3.63, 3.8) is 0 Å². The smallest absolute Gasteiger partial charge is 0.303 e. The van der Waals surface area contributed by atoms with Gasteiger partial charge in [-0.3, -0.25) is 43.2 Å². The maximum absolute atomic E-state index is 13.3. The van der Waals surface area contributed by atoms with Gasteiger partial charge in [0.05, 0.1) is 49.3 Å². The molecule has 4 aliphatic heterocycles. The van der Waals surface area contributed by atoms with E-state index in [9.17, 15) is 48.3 Å². The summed E-state index contributed by atoms with van der Waals surface area (Å²) >= 11 is 0. The molecule has 500 valence electrons. The zero-order valence-corrected chi connectivity index (χ0v) is 54.1. The summed E-state index contributed by atoms with van der Waals surface area (Å²) in [6, 6.07) is 0. The van der Waals surface area contributed by atoms with Gasteiger partial charge in [0.2, 0.25) is 0 Å². The fourth-order valence-electron chi connectivity index (χ4n) is 18.5. The molecule has 9 aliphatic rings. The van der Waals surface area contributed by atoms with E-state index in [0.29, 0.717) is 38.5 Å². The molecule has 0 radical (unpaired) electrons. The van der Waals surface area contributed by atoms with Crippen LogP contribution in [0.5, 0.6) is 0 Å². The van der Waals surface area contributed by atoms with Gasteiger partial charge in [-0.1, -0.05) is 27.7 Å². The number of aliphatic hydroxyl groups is 1. The molecule has 26 nitrogen and oxygen atoms in total.